The molecule has 0 saturated heterocycles. The first-order chi connectivity index (χ1) is 18.0. The minimum Gasteiger partial charge on any atom is -0.340 e. The number of carbonyl (C=O) groups is 1. The maximum atomic E-state index is 13.2. The van der Waals surface area contributed by atoms with Crippen LogP contribution >= 0.6 is 0 Å². The summed E-state index contributed by atoms with van der Waals surface area (Å²) in [5.74, 6) is 0.538. The summed E-state index contributed by atoms with van der Waals surface area (Å²) in [6.45, 7) is 1.41. The molecular formula is C28H26N8O. The Kier molecular flexibility index (Phi) is 5.61. The number of para-hydroxylation sites is 1. The van der Waals surface area contributed by atoms with Crippen LogP contribution in [0.1, 0.15) is 10.4 Å². The van der Waals surface area contributed by atoms with Gasteiger partial charge in [-0.15, -0.1) is 0 Å². The van der Waals surface area contributed by atoms with Gasteiger partial charge >= 0.3 is 0 Å². The normalized spacial score (nSPS) is 11.7. The Bertz CT molecular complexity index is 1760. The first kappa shape index (κ1) is 22.8. The first-order valence-corrected chi connectivity index (χ1v) is 12.1. The second-order valence-electron chi connectivity index (χ2n) is 9.42. The van der Waals surface area contributed by atoms with E-state index in [4.69, 9.17) is 4.98 Å². The minimum atomic E-state index is -0.0626. The van der Waals surface area contributed by atoms with Gasteiger partial charge in [-0.1, -0.05) is 30.3 Å². The molecule has 6 rings (SSSR count). The molecule has 37 heavy (non-hydrogen) atoms. The molecule has 0 aliphatic heterocycles. The average Bonchev–Trinajstić information content (AvgIpc) is 3.54. The maximum Gasteiger partial charge on any atom is 0.255 e. The van der Waals surface area contributed by atoms with Crippen molar-refractivity contribution in [3.05, 3.63) is 72.7 Å². The second kappa shape index (κ2) is 9.11. The lowest BCUT2D eigenvalue weighted by atomic mass is 10.0. The minimum absolute atomic E-state index is 0.0626. The van der Waals surface area contributed by atoms with Crippen molar-refractivity contribution in [2.75, 3.05) is 34.2 Å². The number of imidazole rings is 1. The fourth-order valence-electron chi connectivity index (χ4n) is 4.55. The van der Waals surface area contributed by atoms with Crippen LogP contribution in [-0.4, -0.2) is 80.1 Å². The van der Waals surface area contributed by atoms with Crippen LogP contribution in [0.2, 0.25) is 0 Å². The van der Waals surface area contributed by atoms with E-state index in [1.54, 1.807) is 4.90 Å². The number of nitrogens with one attached hydrogen (secondary N) is 2. The van der Waals surface area contributed by atoms with E-state index in [1.165, 1.54) is 0 Å². The van der Waals surface area contributed by atoms with Crippen LogP contribution in [0.5, 0.6) is 0 Å². The summed E-state index contributed by atoms with van der Waals surface area (Å²) in [6, 6.07) is 15.8. The summed E-state index contributed by atoms with van der Waals surface area (Å²) in [5.41, 5.74) is 5.22. The highest BCUT2D eigenvalue weighted by Gasteiger charge is 2.20. The number of amides is 1. The zero-order valence-corrected chi connectivity index (χ0v) is 20.9. The SMILES string of the molecule is CN(C)CCN(C)C(=O)c1cccc2[nH]c(-c3[nH]nc4ncc(-c5cncc6ccccc56)cc34)nc12. The molecule has 2 N–H and O–H groups in total. The average molecular weight is 491 g/mol. The zero-order valence-electron chi connectivity index (χ0n) is 20.9. The molecule has 9 nitrogen and oxygen atoms in total. The molecule has 4 heterocycles. The van der Waals surface area contributed by atoms with E-state index in [-0.39, 0.29) is 5.91 Å². The van der Waals surface area contributed by atoms with Crippen molar-refractivity contribution in [1.82, 2.24) is 39.9 Å². The summed E-state index contributed by atoms with van der Waals surface area (Å²) in [6.07, 6.45) is 5.53. The molecule has 0 atom stereocenters. The van der Waals surface area contributed by atoms with Crippen LogP contribution in [-0.2, 0) is 0 Å². The molecule has 9 heteroatoms. The molecule has 2 aromatic carbocycles. The number of fused-ring (bicyclic) bond motifs is 3. The molecule has 4 aromatic heterocycles. The maximum absolute atomic E-state index is 13.2. The topological polar surface area (TPSA) is 107 Å². The molecular weight excluding hydrogens is 464 g/mol. The molecule has 0 radical (unpaired) electrons. The van der Waals surface area contributed by atoms with Gasteiger partial charge in [-0.25, -0.2) is 9.97 Å². The van der Waals surface area contributed by atoms with E-state index in [0.29, 0.717) is 34.8 Å². The number of hydrogen-bond donors (Lipinski definition) is 2. The smallest absolute Gasteiger partial charge is 0.255 e. The lowest BCUT2D eigenvalue weighted by molar-refractivity contribution is 0.0788. The van der Waals surface area contributed by atoms with Gasteiger partial charge in [0.05, 0.1) is 16.5 Å². The first-order valence-electron chi connectivity index (χ1n) is 12.1. The van der Waals surface area contributed by atoms with Gasteiger partial charge in [0.15, 0.2) is 11.5 Å². The number of aromatic amines is 2. The van der Waals surface area contributed by atoms with Crippen molar-refractivity contribution >= 4 is 38.7 Å². The van der Waals surface area contributed by atoms with Gasteiger partial charge in [-0.3, -0.25) is 14.9 Å². The molecule has 0 spiro atoms. The van der Waals surface area contributed by atoms with Gasteiger partial charge in [0.2, 0.25) is 0 Å². The van der Waals surface area contributed by atoms with E-state index in [9.17, 15) is 4.79 Å². The number of nitrogens with zero attached hydrogens (tertiary/aromatic N) is 6. The Morgan fingerprint density at radius 3 is 2.68 bits per heavy atom. The Balaban J connectivity index is 1.42. The van der Waals surface area contributed by atoms with Crippen LogP contribution in [0.15, 0.2) is 67.1 Å². The predicted octanol–water partition coefficient (Wildman–Crippen LogP) is 4.35. The van der Waals surface area contributed by atoms with Gasteiger partial charge in [-0.05, 0) is 37.7 Å². The second-order valence-corrected chi connectivity index (χ2v) is 9.42. The molecule has 0 fully saturated rings. The number of benzene rings is 2. The van der Waals surface area contributed by atoms with Crippen LogP contribution in [0.3, 0.4) is 0 Å². The van der Waals surface area contributed by atoms with E-state index >= 15 is 0 Å². The molecule has 1 amide bonds. The van der Waals surface area contributed by atoms with Gasteiger partial charge in [0, 0.05) is 55.2 Å². The predicted molar refractivity (Wildman–Crippen MR) is 145 cm³/mol. The van der Waals surface area contributed by atoms with Gasteiger partial charge in [0.1, 0.15) is 11.2 Å². The molecule has 0 aliphatic carbocycles. The lowest BCUT2D eigenvalue weighted by Gasteiger charge is -2.19. The number of aromatic nitrogens is 6. The number of H-pyrrole nitrogens is 2. The van der Waals surface area contributed by atoms with Crippen LogP contribution in [0.4, 0.5) is 0 Å². The number of hydrogen-bond acceptors (Lipinski definition) is 6. The van der Waals surface area contributed by atoms with E-state index in [2.05, 4.69) is 42.2 Å². The fourth-order valence-corrected chi connectivity index (χ4v) is 4.55. The van der Waals surface area contributed by atoms with Gasteiger partial charge < -0.3 is 14.8 Å². The summed E-state index contributed by atoms with van der Waals surface area (Å²) >= 11 is 0. The molecule has 6 aromatic rings. The number of carbonyl (C=O) groups excluding carboxylic acids is 1. The van der Waals surface area contributed by atoms with Crippen molar-refractivity contribution in [2.45, 2.75) is 0 Å². The largest absolute Gasteiger partial charge is 0.340 e. The Morgan fingerprint density at radius 1 is 0.946 bits per heavy atom. The highest BCUT2D eigenvalue weighted by Crippen LogP contribution is 2.32. The third-order valence-electron chi connectivity index (χ3n) is 6.60. The third-order valence-corrected chi connectivity index (χ3v) is 6.60. The number of likely N-dealkylation sites (N-methyl/N-ethyl adjacent to an activating group) is 2. The Hall–Kier alpha value is -4.63. The van der Waals surface area contributed by atoms with Gasteiger partial charge in [-0.2, -0.15) is 5.10 Å². The third kappa shape index (κ3) is 4.09. The molecule has 0 aliphatic rings. The highest BCUT2D eigenvalue weighted by atomic mass is 16.2. The van der Waals surface area contributed by atoms with Crippen LogP contribution < -0.4 is 0 Å². The zero-order chi connectivity index (χ0) is 25.5. The standard InChI is InChI=1S/C28H26N8O/c1-35(2)11-12-36(3)28(37)20-9-6-10-23-24(20)32-27(31-23)25-21-13-18(15-30-26(21)34-33-25)22-16-29-14-17-7-4-5-8-19(17)22/h4-10,13-16H,11-12H2,1-3H3,(H,31,32)(H,30,33,34). The van der Waals surface area contributed by atoms with Gasteiger partial charge in [0.25, 0.3) is 5.91 Å². The molecule has 0 unspecified atom stereocenters. The Morgan fingerprint density at radius 2 is 1.81 bits per heavy atom. The quantitative estimate of drug-likeness (QED) is 0.360. The lowest BCUT2D eigenvalue weighted by Crippen LogP contribution is -2.33. The summed E-state index contributed by atoms with van der Waals surface area (Å²) < 4.78 is 0. The summed E-state index contributed by atoms with van der Waals surface area (Å²) in [7, 11) is 5.80. The molecule has 184 valence electrons. The molecule has 0 bridgehead atoms. The fraction of sp³-hybridized carbons (Fsp3) is 0.179. The van der Waals surface area contributed by atoms with Crippen molar-refractivity contribution < 1.29 is 4.79 Å². The van der Waals surface area contributed by atoms with Crippen molar-refractivity contribution in [2.24, 2.45) is 0 Å². The Labute approximate surface area is 213 Å². The van der Waals surface area contributed by atoms with E-state index in [0.717, 1.165) is 39.3 Å². The number of pyridine rings is 2. The van der Waals surface area contributed by atoms with Crippen LogP contribution in [0.25, 0.3) is 55.5 Å². The van der Waals surface area contributed by atoms with Crippen molar-refractivity contribution in [3.63, 3.8) is 0 Å². The summed E-state index contributed by atoms with van der Waals surface area (Å²) in [4.78, 5) is 34.2. The van der Waals surface area contributed by atoms with Crippen molar-refractivity contribution in [3.8, 4) is 22.6 Å². The van der Waals surface area contributed by atoms with E-state index in [1.807, 2.05) is 76.1 Å². The monoisotopic (exact) mass is 490 g/mol. The number of rotatable bonds is 6. The summed E-state index contributed by atoms with van der Waals surface area (Å²) in [5, 5.41) is 10.5. The van der Waals surface area contributed by atoms with Crippen LogP contribution in [0, 0.1) is 0 Å². The van der Waals surface area contributed by atoms with Crippen molar-refractivity contribution in [1.29, 1.82) is 0 Å². The molecule has 0 saturated carbocycles. The van der Waals surface area contributed by atoms with E-state index < -0.39 is 0 Å². The highest BCUT2D eigenvalue weighted by molar-refractivity contribution is 6.06.